The van der Waals surface area contributed by atoms with Gasteiger partial charge in [-0.05, 0) is 37.8 Å². The molecule has 2 N–H and O–H groups in total. The number of aliphatic hydroxyl groups is 1. The van der Waals surface area contributed by atoms with E-state index in [0.29, 0.717) is 21.5 Å². The number of amides is 1. The Balaban J connectivity index is 1.89. The lowest BCUT2D eigenvalue weighted by Gasteiger charge is -2.13. The summed E-state index contributed by atoms with van der Waals surface area (Å²) < 4.78 is 0. The molecule has 0 aliphatic heterocycles. The van der Waals surface area contributed by atoms with Crippen LogP contribution < -0.4 is 5.32 Å². The van der Waals surface area contributed by atoms with E-state index in [1.807, 2.05) is 6.92 Å². The molecule has 1 aliphatic rings. The maximum Gasteiger partial charge on any atom is 0.244 e. The molecule has 0 heterocycles. The Hall–Kier alpha value is -1.03. The van der Waals surface area contributed by atoms with E-state index >= 15 is 0 Å². The van der Waals surface area contributed by atoms with Crippen molar-refractivity contribution in [1.82, 2.24) is 5.32 Å². The van der Waals surface area contributed by atoms with Gasteiger partial charge in [0.25, 0.3) is 0 Å². The molecular formula is C15H17Cl2NO2. The molecule has 1 aromatic carbocycles. The lowest BCUT2D eigenvalue weighted by atomic mass is 10.1. The van der Waals surface area contributed by atoms with E-state index in [1.54, 1.807) is 24.3 Å². The largest absolute Gasteiger partial charge is 0.387 e. The van der Waals surface area contributed by atoms with Gasteiger partial charge in [-0.25, -0.2) is 0 Å². The Labute approximate surface area is 128 Å². The van der Waals surface area contributed by atoms with E-state index in [-0.39, 0.29) is 12.5 Å². The van der Waals surface area contributed by atoms with Crippen molar-refractivity contribution in [2.24, 2.45) is 5.92 Å². The predicted molar refractivity (Wildman–Crippen MR) is 80.9 cm³/mol. The summed E-state index contributed by atoms with van der Waals surface area (Å²) in [4.78, 5) is 11.7. The highest BCUT2D eigenvalue weighted by Crippen LogP contribution is 2.35. The topological polar surface area (TPSA) is 49.3 Å². The molecule has 0 spiro atoms. The first kappa shape index (κ1) is 15.4. The number of allylic oxidation sites excluding steroid dienone is 1. The molecule has 1 saturated carbocycles. The fourth-order valence-corrected chi connectivity index (χ4v) is 2.53. The maximum atomic E-state index is 11.7. The van der Waals surface area contributed by atoms with Crippen molar-refractivity contribution >= 4 is 29.1 Å². The molecular weight excluding hydrogens is 297 g/mol. The highest BCUT2D eigenvalue weighted by molar-refractivity contribution is 6.35. The predicted octanol–water partition coefficient (Wildman–Crippen LogP) is 3.50. The van der Waals surface area contributed by atoms with Gasteiger partial charge in [0.1, 0.15) is 0 Å². The molecule has 1 fully saturated rings. The number of carbonyl (C=O) groups excluding carboxylic acids is 1. The van der Waals surface area contributed by atoms with Crippen LogP contribution in [0.15, 0.2) is 29.8 Å². The van der Waals surface area contributed by atoms with E-state index < -0.39 is 6.10 Å². The minimum absolute atomic E-state index is 0.120. The van der Waals surface area contributed by atoms with Crippen molar-refractivity contribution in [2.45, 2.75) is 25.9 Å². The van der Waals surface area contributed by atoms with Crippen LogP contribution >= 0.6 is 23.2 Å². The monoisotopic (exact) mass is 313 g/mol. The van der Waals surface area contributed by atoms with Gasteiger partial charge in [0, 0.05) is 28.2 Å². The molecule has 3 nitrogen and oxygen atoms in total. The molecule has 108 valence electrons. The van der Waals surface area contributed by atoms with Gasteiger partial charge < -0.3 is 10.4 Å². The Bertz CT molecular complexity index is 539. The molecule has 20 heavy (non-hydrogen) atoms. The van der Waals surface area contributed by atoms with E-state index in [2.05, 4.69) is 5.32 Å². The van der Waals surface area contributed by atoms with Gasteiger partial charge in [0.15, 0.2) is 0 Å². The van der Waals surface area contributed by atoms with Crippen molar-refractivity contribution in [1.29, 1.82) is 0 Å². The number of carbonyl (C=O) groups is 1. The van der Waals surface area contributed by atoms with Gasteiger partial charge in [0.2, 0.25) is 5.91 Å². The second kappa shape index (κ2) is 6.61. The van der Waals surface area contributed by atoms with Crippen LogP contribution in [0.1, 0.15) is 31.4 Å². The van der Waals surface area contributed by atoms with Crippen molar-refractivity contribution in [2.75, 3.05) is 6.54 Å². The van der Waals surface area contributed by atoms with Crippen molar-refractivity contribution in [3.8, 4) is 0 Å². The number of hydrogen-bond donors (Lipinski definition) is 2. The number of benzene rings is 1. The first-order valence-electron chi connectivity index (χ1n) is 6.56. The highest BCUT2D eigenvalue weighted by atomic mass is 35.5. The minimum Gasteiger partial charge on any atom is -0.387 e. The molecule has 1 aromatic rings. The molecule has 0 bridgehead atoms. The fraction of sp³-hybridized carbons (Fsp3) is 0.400. The zero-order valence-electron chi connectivity index (χ0n) is 11.2. The van der Waals surface area contributed by atoms with Gasteiger partial charge in [-0.15, -0.1) is 0 Å². The molecule has 1 amide bonds. The molecule has 1 unspecified atom stereocenters. The summed E-state index contributed by atoms with van der Waals surface area (Å²) in [6.45, 7) is 2.08. The summed E-state index contributed by atoms with van der Waals surface area (Å²) in [7, 11) is 0. The van der Waals surface area contributed by atoms with Gasteiger partial charge >= 0.3 is 0 Å². The summed E-state index contributed by atoms with van der Waals surface area (Å²) in [5, 5.41) is 13.6. The average molecular weight is 314 g/mol. The molecule has 1 atom stereocenters. The van der Waals surface area contributed by atoms with Crippen LogP contribution in [0.3, 0.4) is 0 Å². The smallest absolute Gasteiger partial charge is 0.244 e. The normalized spacial score (nSPS) is 16.9. The van der Waals surface area contributed by atoms with Crippen LogP contribution in [0.2, 0.25) is 10.0 Å². The summed E-state index contributed by atoms with van der Waals surface area (Å²) in [5.41, 5.74) is 1.65. The Morgan fingerprint density at radius 1 is 1.50 bits per heavy atom. The molecule has 0 aromatic heterocycles. The summed E-state index contributed by atoms with van der Waals surface area (Å²) >= 11 is 11.8. The Morgan fingerprint density at radius 3 is 2.80 bits per heavy atom. The lowest BCUT2D eigenvalue weighted by Crippen LogP contribution is -2.27. The first-order valence-corrected chi connectivity index (χ1v) is 7.32. The highest BCUT2D eigenvalue weighted by Gasteiger charge is 2.23. The van der Waals surface area contributed by atoms with E-state index in [9.17, 15) is 9.90 Å². The van der Waals surface area contributed by atoms with E-state index in [4.69, 9.17) is 23.2 Å². The van der Waals surface area contributed by atoms with Gasteiger partial charge in [-0.1, -0.05) is 34.8 Å². The lowest BCUT2D eigenvalue weighted by molar-refractivity contribution is -0.117. The number of rotatable bonds is 5. The van der Waals surface area contributed by atoms with Crippen molar-refractivity contribution < 1.29 is 9.90 Å². The fourth-order valence-electron chi connectivity index (χ4n) is 1.99. The quantitative estimate of drug-likeness (QED) is 0.817. The van der Waals surface area contributed by atoms with Crippen LogP contribution in [0.25, 0.3) is 0 Å². The molecule has 0 saturated heterocycles. The molecule has 2 rings (SSSR count). The minimum atomic E-state index is -0.849. The van der Waals surface area contributed by atoms with Crippen LogP contribution in [0.4, 0.5) is 0 Å². The standard InChI is InChI=1S/C15H17Cl2NO2/c1-9(10-2-3-10)6-15(20)18-8-14(19)12-5-4-11(16)7-13(12)17/h4-7,10,14,19H,2-3,8H2,1H3,(H,18,20)/b9-6-. The van der Waals surface area contributed by atoms with Crippen LogP contribution in [0, 0.1) is 5.92 Å². The maximum absolute atomic E-state index is 11.7. The van der Waals surface area contributed by atoms with Crippen LogP contribution in [-0.4, -0.2) is 17.6 Å². The third kappa shape index (κ3) is 4.23. The van der Waals surface area contributed by atoms with Crippen molar-refractivity contribution in [3.63, 3.8) is 0 Å². The van der Waals surface area contributed by atoms with E-state index in [1.165, 1.54) is 12.8 Å². The van der Waals surface area contributed by atoms with Crippen molar-refractivity contribution in [3.05, 3.63) is 45.5 Å². The van der Waals surface area contributed by atoms with Gasteiger partial charge in [-0.3, -0.25) is 4.79 Å². The zero-order chi connectivity index (χ0) is 14.7. The molecule has 0 radical (unpaired) electrons. The number of halogens is 2. The van der Waals surface area contributed by atoms with Crippen LogP contribution in [0.5, 0.6) is 0 Å². The second-order valence-electron chi connectivity index (χ2n) is 5.09. The van der Waals surface area contributed by atoms with Gasteiger partial charge in [-0.2, -0.15) is 0 Å². The number of hydrogen-bond acceptors (Lipinski definition) is 2. The zero-order valence-corrected chi connectivity index (χ0v) is 12.7. The summed E-state index contributed by atoms with van der Waals surface area (Å²) in [6.07, 6.45) is 3.09. The van der Waals surface area contributed by atoms with Gasteiger partial charge in [0.05, 0.1) is 6.10 Å². The summed E-state index contributed by atoms with van der Waals surface area (Å²) in [5.74, 6) is 0.384. The second-order valence-corrected chi connectivity index (χ2v) is 5.93. The van der Waals surface area contributed by atoms with Crippen LogP contribution in [-0.2, 0) is 4.79 Å². The molecule has 5 heteroatoms. The Morgan fingerprint density at radius 2 is 2.20 bits per heavy atom. The first-order chi connectivity index (χ1) is 9.47. The number of nitrogens with one attached hydrogen (secondary N) is 1. The number of aliphatic hydroxyl groups excluding tert-OH is 1. The summed E-state index contributed by atoms with van der Waals surface area (Å²) in [6, 6.07) is 4.89. The third-order valence-corrected chi connectivity index (χ3v) is 3.93. The third-order valence-electron chi connectivity index (χ3n) is 3.37. The average Bonchev–Trinajstić information content (AvgIpc) is 3.20. The van der Waals surface area contributed by atoms with E-state index in [0.717, 1.165) is 5.57 Å². The Kier molecular flexibility index (Phi) is 5.08. The molecule has 1 aliphatic carbocycles. The SMILES string of the molecule is C/C(=C/C(=O)NCC(O)c1ccc(Cl)cc1Cl)C1CC1.